The molecule has 0 aliphatic heterocycles. The van der Waals surface area contributed by atoms with Gasteiger partial charge in [0.1, 0.15) is 6.67 Å². The van der Waals surface area contributed by atoms with Gasteiger partial charge in [-0.1, -0.05) is 5.11 Å². The van der Waals surface area contributed by atoms with Crippen LogP contribution >= 0.6 is 0 Å². The summed E-state index contributed by atoms with van der Waals surface area (Å²) < 4.78 is 17.8. The molecule has 0 aliphatic carbocycles. The fourth-order valence-electron chi connectivity index (χ4n) is 1.54. The van der Waals surface area contributed by atoms with Gasteiger partial charge in [-0.05, 0) is 23.2 Å². The molecular formula is C10H11FN4O3. The number of nitro benzene ring substituents is 1. The minimum atomic E-state index is -0.999. The number of rotatable bonds is 6. The van der Waals surface area contributed by atoms with Crippen molar-refractivity contribution in [3.05, 3.63) is 50.4 Å². The molecule has 0 radical (unpaired) electrons. The summed E-state index contributed by atoms with van der Waals surface area (Å²) in [6, 6.07) is 4.46. The molecule has 0 heterocycles. The predicted molar refractivity (Wildman–Crippen MR) is 61.8 cm³/mol. The van der Waals surface area contributed by atoms with Crippen LogP contribution < -0.4 is 0 Å². The Morgan fingerprint density at radius 3 is 2.56 bits per heavy atom. The fourth-order valence-corrected chi connectivity index (χ4v) is 1.54. The van der Waals surface area contributed by atoms with E-state index < -0.39 is 23.7 Å². The van der Waals surface area contributed by atoms with Gasteiger partial charge in [-0.25, -0.2) is 0 Å². The molecule has 0 spiro atoms. The number of alkyl halides is 1. The molecular weight excluding hydrogens is 243 g/mol. The average molecular weight is 254 g/mol. The van der Waals surface area contributed by atoms with Gasteiger partial charge in [-0.15, -0.1) is 0 Å². The third-order valence-electron chi connectivity index (χ3n) is 2.39. The molecule has 0 fully saturated rings. The Hall–Kier alpha value is -2.18. The predicted octanol–water partition coefficient (Wildman–Crippen LogP) is 2.93. The topological polar surface area (TPSA) is 101 Å². The van der Waals surface area contributed by atoms with E-state index in [1.165, 1.54) is 31.4 Å². The van der Waals surface area contributed by atoms with Crippen molar-refractivity contribution in [2.45, 2.75) is 12.1 Å². The average Bonchev–Trinajstić information content (AvgIpc) is 2.39. The van der Waals surface area contributed by atoms with E-state index in [-0.39, 0.29) is 5.69 Å². The minimum Gasteiger partial charge on any atom is -0.376 e. The molecule has 8 heteroatoms. The highest BCUT2D eigenvalue weighted by Gasteiger charge is 2.22. The molecule has 0 amide bonds. The Bertz CT molecular complexity index is 459. The van der Waals surface area contributed by atoms with Crippen molar-refractivity contribution in [2.75, 3.05) is 13.8 Å². The number of benzene rings is 1. The van der Waals surface area contributed by atoms with Gasteiger partial charge in [0.15, 0.2) is 0 Å². The van der Waals surface area contributed by atoms with E-state index in [9.17, 15) is 14.5 Å². The second-order valence-corrected chi connectivity index (χ2v) is 3.43. The first-order chi connectivity index (χ1) is 8.63. The third kappa shape index (κ3) is 3.16. The van der Waals surface area contributed by atoms with Crippen LogP contribution in [0, 0.1) is 10.1 Å². The van der Waals surface area contributed by atoms with Crippen molar-refractivity contribution in [1.29, 1.82) is 0 Å². The SMILES string of the molecule is CO[C@H](c1ccc([N+](=O)[O-])cc1)[C@@H](CF)N=[N+]=[N-]. The van der Waals surface area contributed by atoms with Gasteiger partial charge in [-0.3, -0.25) is 14.5 Å². The quantitative estimate of drug-likeness (QED) is 0.256. The molecule has 96 valence electrons. The summed E-state index contributed by atoms with van der Waals surface area (Å²) in [6.45, 7) is -0.875. The number of nitro groups is 1. The Morgan fingerprint density at radius 1 is 1.56 bits per heavy atom. The van der Waals surface area contributed by atoms with Crippen molar-refractivity contribution in [3.63, 3.8) is 0 Å². The van der Waals surface area contributed by atoms with E-state index in [2.05, 4.69) is 10.0 Å². The highest BCUT2D eigenvalue weighted by atomic mass is 19.1. The van der Waals surface area contributed by atoms with E-state index in [0.717, 1.165) is 0 Å². The second kappa shape index (κ2) is 6.53. The van der Waals surface area contributed by atoms with Gasteiger partial charge in [0, 0.05) is 24.2 Å². The van der Waals surface area contributed by atoms with Gasteiger partial charge in [0.05, 0.1) is 17.1 Å². The van der Waals surface area contributed by atoms with E-state index >= 15 is 0 Å². The first kappa shape index (κ1) is 13.9. The number of hydrogen-bond donors (Lipinski definition) is 0. The van der Waals surface area contributed by atoms with Crippen LogP contribution in [0.1, 0.15) is 11.7 Å². The van der Waals surface area contributed by atoms with Gasteiger partial charge in [0.25, 0.3) is 5.69 Å². The van der Waals surface area contributed by atoms with Gasteiger partial charge in [-0.2, -0.15) is 0 Å². The number of hydrogen-bond acceptors (Lipinski definition) is 4. The smallest absolute Gasteiger partial charge is 0.269 e. The lowest BCUT2D eigenvalue weighted by molar-refractivity contribution is -0.384. The lowest BCUT2D eigenvalue weighted by atomic mass is 10.0. The van der Waals surface area contributed by atoms with Crippen LogP contribution in [-0.4, -0.2) is 24.7 Å². The summed E-state index contributed by atoms with van der Waals surface area (Å²) in [5.74, 6) is 0. The molecule has 0 unspecified atom stereocenters. The van der Waals surface area contributed by atoms with E-state index in [4.69, 9.17) is 10.3 Å². The Kier molecular flexibility index (Phi) is 5.04. The lowest BCUT2D eigenvalue weighted by Crippen LogP contribution is -2.20. The fraction of sp³-hybridized carbons (Fsp3) is 0.400. The molecule has 18 heavy (non-hydrogen) atoms. The molecule has 1 aromatic rings. The standard InChI is InChI=1S/C10H11FN4O3/c1-18-10(9(6-11)13-14-12)7-2-4-8(5-3-7)15(16)17/h2-5,9-10H,6H2,1H3/t9-,10-/m1/s1. The first-order valence-corrected chi connectivity index (χ1v) is 5.01. The van der Waals surface area contributed by atoms with E-state index in [1.54, 1.807) is 0 Å². The normalized spacial score (nSPS) is 13.4. The lowest BCUT2D eigenvalue weighted by Gasteiger charge is -2.19. The van der Waals surface area contributed by atoms with E-state index in [1.807, 2.05) is 0 Å². The summed E-state index contributed by atoms with van der Waals surface area (Å²) >= 11 is 0. The number of ether oxygens (including phenoxy) is 1. The van der Waals surface area contributed by atoms with Crippen LogP contribution in [0.3, 0.4) is 0 Å². The Balaban J connectivity index is 3.01. The monoisotopic (exact) mass is 254 g/mol. The Morgan fingerprint density at radius 2 is 2.17 bits per heavy atom. The maximum absolute atomic E-state index is 12.7. The Labute approximate surface area is 102 Å². The number of halogens is 1. The highest BCUT2D eigenvalue weighted by Crippen LogP contribution is 2.25. The molecule has 2 atom stereocenters. The van der Waals surface area contributed by atoms with Crippen molar-refractivity contribution in [3.8, 4) is 0 Å². The summed E-state index contributed by atoms with van der Waals surface area (Å²) in [7, 11) is 1.35. The summed E-state index contributed by atoms with van der Waals surface area (Å²) in [4.78, 5) is 12.5. The number of nitrogens with zero attached hydrogens (tertiary/aromatic N) is 4. The maximum atomic E-state index is 12.7. The number of non-ortho nitro benzene ring substituents is 1. The molecule has 1 rings (SSSR count). The van der Waals surface area contributed by atoms with Crippen molar-refractivity contribution >= 4 is 5.69 Å². The molecule has 0 aliphatic rings. The number of methoxy groups -OCH3 is 1. The van der Waals surface area contributed by atoms with Crippen molar-refractivity contribution in [2.24, 2.45) is 5.11 Å². The molecule has 0 N–H and O–H groups in total. The molecule has 0 bridgehead atoms. The molecule has 0 saturated heterocycles. The molecule has 7 nitrogen and oxygen atoms in total. The first-order valence-electron chi connectivity index (χ1n) is 5.01. The zero-order chi connectivity index (χ0) is 13.5. The van der Waals surface area contributed by atoms with Gasteiger partial charge < -0.3 is 4.74 Å². The van der Waals surface area contributed by atoms with Crippen molar-refractivity contribution < 1.29 is 14.1 Å². The van der Waals surface area contributed by atoms with Crippen LogP contribution in [-0.2, 0) is 4.74 Å². The molecule has 0 saturated carbocycles. The van der Waals surface area contributed by atoms with Crippen LogP contribution in [0.15, 0.2) is 29.4 Å². The van der Waals surface area contributed by atoms with Crippen LogP contribution in [0.4, 0.5) is 10.1 Å². The van der Waals surface area contributed by atoms with Crippen molar-refractivity contribution in [1.82, 2.24) is 0 Å². The van der Waals surface area contributed by atoms with Crippen LogP contribution in [0.2, 0.25) is 0 Å². The third-order valence-corrected chi connectivity index (χ3v) is 2.39. The second-order valence-electron chi connectivity index (χ2n) is 3.43. The largest absolute Gasteiger partial charge is 0.376 e. The molecule has 0 aromatic heterocycles. The summed E-state index contributed by atoms with van der Waals surface area (Å²) in [5, 5.41) is 13.8. The van der Waals surface area contributed by atoms with Gasteiger partial charge >= 0.3 is 0 Å². The highest BCUT2D eigenvalue weighted by molar-refractivity contribution is 5.34. The maximum Gasteiger partial charge on any atom is 0.269 e. The zero-order valence-corrected chi connectivity index (χ0v) is 9.56. The van der Waals surface area contributed by atoms with Crippen LogP contribution in [0.5, 0.6) is 0 Å². The van der Waals surface area contributed by atoms with Crippen LogP contribution in [0.25, 0.3) is 10.4 Å². The molecule has 1 aromatic carbocycles. The zero-order valence-electron chi connectivity index (χ0n) is 9.56. The number of azide groups is 1. The minimum absolute atomic E-state index is 0.0748. The van der Waals surface area contributed by atoms with E-state index in [0.29, 0.717) is 5.56 Å². The summed E-state index contributed by atoms with van der Waals surface area (Å²) in [6.07, 6.45) is -0.772. The van der Waals surface area contributed by atoms with Gasteiger partial charge in [0.2, 0.25) is 0 Å². The summed E-state index contributed by atoms with van der Waals surface area (Å²) in [5.41, 5.74) is 8.76.